The van der Waals surface area contributed by atoms with Gasteiger partial charge in [0.2, 0.25) is 5.91 Å². The zero-order valence-electron chi connectivity index (χ0n) is 13.1. The summed E-state index contributed by atoms with van der Waals surface area (Å²) < 4.78 is 5.42. The summed E-state index contributed by atoms with van der Waals surface area (Å²) in [6.07, 6.45) is 0. The van der Waals surface area contributed by atoms with Crippen LogP contribution in [0.25, 0.3) is 11.1 Å². The van der Waals surface area contributed by atoms with Crippen LogP contribution in [-0.4, -0.2) is 22.8 Å². The molecule has 3 rings (SSSR count). The number of amides is 2. The van der Waals surface area contributed by atoms with Gasteiger partial charge in [0.1, 0.15) is 16.6 Å². The average Bonchev–Trinajstić information content (AvgIpc) is 3.12. The van der Waals surface area contributed by atoms with E-state index in [4.69, 9.17) is 10.2 Å². The number of fused-ring (bicyclic) bond motifs is 1. The van der Waals surface area contributed by atoms with E-state index in [1.165, 1.54) is 11.3 Å². The van der Waals surface area contributed by atoms with Crippen molar-refractivity contribution in [3.63, 3.8) is 0 Å². The van der Waals surface area contributed by atoms with Crippen LogP contribution in [0.15, 0.2) is 34.1 Å². The first-order valence-electron chi connectivity index (χ1n) is 7.26. The summed E-state index contributed by atoms with van der Waals surface area (Å²) in [6.45, 7) is 3.51. The van der Waals surface area contributed by atoms with E-state index in [1.807, 2.05) is 12.1 Å². The van der Waals surface area contributed by atoms with E-state index in [-0.39, 0.29) is 5.91 Å². The molecule has 24 heavy (non-hydrogen) atoms. The second-order valence-electron chi connectivity index (χ2n) is 5.30. The van der Waals surface area contributed by atoms with Crippen molar-refractivity contribution in [2.75, 3.05) is 10.6 Å². The molecular weight excluding hydrogens is 328 g/mol. The molecule has 0 aliphatic heterocycles. The number of carbonyl (C=O) groups is 2. The van der Waals surface area contributed by atoms with Gasteiger partial charge in [0, 0.05) is 12.6 Å². The molecule has 2 amide bonds. The van der Waals surface area contributed by atoms with Gasteiger partial charge in [-0.2, -0.15) is 0 Å². The van der Waals surface area contributed by atoms with Gasteiger partial charge in [-0.05, 0) is 36.6 Å². The van der Waals surface area contributed by atoms with E-state index in [2.05, 4.69) is 15.6 Å². The summed E-state index contributed by atoms with van der Waals surface area (Å²) >= 11 is 1.25. The van der Waals surface area contributed by atoms with Crippen molar-refractivity contribution in [1.29, 1.82) is 0 Å². The lowest BCUT2D eigenvalue weighted by molar-refractivity contribution is -0.116. The number of hydrogen-bond acceptors (Lipinski definition) is 6. The Hall–Kier alpha value is -2.87. The van der Waals surface area contributed by atoms with Gasteiger partial charge >= 0.3 is 0 Å². The molecule has 0 bridgehead atoms. The predicted molar refractivity (Wildman–Crippen MR) is 93.3 cm³/mol. The molecule has 1 atom stereocenters. The topological polar surface area (TPSA) is 110 Å². The van der Waals surface area contributed by atoms with Crippen molar-refractivity contribution < 1.29 is 14.0 Å². The Bertz CT molecular complexity index is 915. The molecule has 0 saturated carbocycles. The number of benzene rings is 1. The summed E-state index contributed by atoms with van der Waals surface area (Å²) in [6, 6.07) is 6.50. The highest BCUT2D eigenvalue weighted by atomic mass is 32.1. The number of primary amides is 1. The van der Waals surface area contributed by atoms with E-state index >= 15 is 0 Å². The SMILES string of the molecule is Cc1nc2cc(N[C@H](C)C(=O)Nc3sccc3C(N)=O)ccc2o1. The van der Waals surface area contributed by atoms with Crippen LogP contribution in [0.4, 0.5) is 10.7 Å². The highest BCUT2D eigenvalue weighted by Crippen LogP contribution is 2.24. The maximum absolute atomic E-state index is 12.3. The van der Waals surface area contributed by atoms with Gasteiger partial charge in [-0.15, -0.1) is 11.3 Å². The van der Waals surface area contributed by atoms with E-state index in [0.29, 0.717) is 22.0 Å². The number of aromatic nitrogens is 1. The number of nitrogens with one attached hydrogen (secondary N) is 2. The molecule has 8 heteroatoms. The lowest BCUT2D eigenvalue weighted by Gasteiger charge is -2.15. The van der Waals surface area contributed by atoms with Crippen molar-refractivity contribution in [2.45, 2.75) is 19.9 Å². The second kappa shape index (κ2) is 6.32. The standard InChI is InChI=1S/C16H16N4O3S/c1-8(15(22)20-16-11(14(17)21)5-6-24-16)18-10-3-4-13-12(7-10)19-9(2)23-13/h3-8,18H,1-2H3,(H2,17,21)(H,20,22)/t8-/m1/s1. The number of thiophene rings is 1. The second-order valence-corrected chi connectivity index (χ2v) is 6.21. The van der Waals surface area contributed by atoms with Crippen molar-refractivity contribution >= 4 is 44.9 Å². The van der Waals surface area contributed by atoms with Crippen LogP contribution in [0.5, 0.6) is 0 Å². The van der Waals surface area contributed by atoms with Gasteiger partial charge in [0.25, 0.3) is 5.91 Å². The van der Waals surface area contributed by atoms with Crippen LogP contribution in [-0.2, 0) is 4.79 Å². The fourth-order valence-electron chi connectivity index (χ4n) is 2.27. The van der Waals surface area contributed by atoms with Crippen LogP contribution < -0.4 is 16.4 Å². The fourth-order valence-corrected chi connectivity index (χ4v) is 3.06. The Morgan fingerprint density at radius 3 is 2.88 bits per heavy atom. The summed E-state index contributed by atoms with van der Waals surface area (Å²) in [4.78, 5) is 27.9. The molecule has 0 fully saturated rings. The smallest absolute Gasteiger partial charge is 0.251 e. The fraction of sp³-hybridized carbons (Fsp3) is 0.188. The van der Waals surface area contributed by atoms with Gasteiger partial charge in [-0.3, -0.25) is 9.59 Å². The minimum Gasteiger partial charge on any atom is -0.441 e. The largest absolute Gasteiger partial charge is 0.441 e. The molecule has 2 heterocycles. The molecule has 3 aromatic rings. The van der Waals surface area contributed by atoms with Gasteiger partial charge in [-0.25, -0.2) is 4.98 Å². The van der Waals surface area contributed by atoms with E-state index in [0.717, 1.165) is 11.2 Å². The first-order valence-corrected chi connectivity index (χ1v) is 8.14. The molecule has 0 aliphatic rings. The van der Waals surface area contributed by atoms with Crippen molar-refractivity contribution in [1.82, 2.24) is 4.98 Å². The summed E-state index contributed by atoms with van der Waals surface area (Å²) in [7, 11) is 0. The Morgan fingerprint density at radius 2 is 2.12 bits per heavy atom. The number of hydrogen-bond donors (Lipinski definition) is 3. The van der Waals surface area contributed by atoms with E-state index in [1.54, 1.807) is 31.4 Å². The molecule has 0 spiro atoms. The maximum atomic E-state index is 12.3. The van der Waals surface area contributed by atoms with E-state index < -0.39 is 11.9 Å². The monoisotopic (exact) mass is 344 g/mol. The number of anilines is 2. The van der Waals surface area contributed by atoms with Crippen LogP contribution in [0.2, 0.25) is 0 Å². The molecule has 0 unspecified atom stereocenters. The molecule has 7 nitrogen and oxygen atoms in total. The number of nitrogens with zero attached hydrogens (tertiary/aromatic N) is 1. The number of nitrogens with two attached hydrogens (primary N) is 1. The molecule has 4 N–H and O–H groups in total. The molecule has 2 aromatic heterocycles. The van der Waals surface area contributed by atoms with E-state index in [9.17, 15) is 9.59 Å². The number of oxazole rings is 1. The van der Waals surface area contributed by atoms with Gasteiger partial charge < -0.3 is 20.8 Å². The molecule has 0 saturated heterocycles. The molecular formula is C16H16N4O3S. The van der Waals surface area contributed by atoms with Crippen molar-refractivity contribution in [3.05, 3.63) is 41.1 Å². The third kappa shape index (κ3) is 3.23. The third-order valence-electron chi connectivity index (χ3n) is 3.44. The number of aryl methyl sites for hydroxylation is 1. The quantitative estimate of drug-likeness (QED) is 0.659. The summed E-state index contributed by atoms with van der Waals surface area (Å²) in [5, 5.41) is 7.97. The third-order valence-corrected chi connectivity index (χ3v) is 4.27. The average molecular weight is 344 g/mol. The highest BCUT2D eigenvalue weighted by Gasteiger charge is 2.17. The van der Waals surface area contributed by atoms with Crippen molar-refractivity contribution in [3.8, 4) is 0 Å². The Labute approximate surface area is 141 Å². The Kier molecular flexibility index (Phi) is 4.22. The zero-order chi connectivity index (χ0) is 17.3. The normalized spacial score (nSPS) is 12.1. The van der Waals surface area contributed by atoms with Crippen LogP contribution in [0, 0.1) is 6.92 Å². The van der Waals surface area contributed by atoms with Crippen molar-refractivity contribution in [2.24, 2.45) is 5.73 Å². The molecule has 124 valence electrons. The Morgan fingerprint density at radius 1 is 1.33 bits per heavy atom. The molecule has 1 aromatic carbocycles. The Balaban J connectivity index is 1.70. The van der Waals surface area contributed by atoms with Crippen LogP contribution >= 0.6 is 11.3 Å². The zero-order valence-corrected chi connectivity index (χ0v) is 13.9. The number of carbonyl (C=O) groups excluding carboxylic acids is 2. The van der Waals surface area contributed by atoms with Crippen LogP contribution in [0.3, 0.4) is 0 Å². The summed E-state index contributed by atoms with van der Waals surface area (Å²) in [5.41, 5.74) is 7.75. The van der Waals surface area contributed by atoms with Crippen LogP contribution in [0.1, 0.15) is 23.2 Å². The summed E-state index contributed by atoms with van der Waals surface area (Å²) in [5.74, 6) is -0.250. The number of rotatable bonds is 5. The molecule has 0 radical (unpaired) electrons. The first kappa shape index (κ1) is 16.0. The minimum atomic E-state index is -0.570. The van der Waals surface area contributed by atoms with Gasteiger partial charge in [0.05, 0.1) is 5.56 Å². The highest BCUT2D eigenvalue weighted by molar-refractivity contribution is 7.14. The first-order chi connectivity index (χ1) is 11.4. The molecule has 0 aliphatic carbocycles. The van der Waals surface area contributed by atoms with Gasteiger partial charge in [0.15, 0.2) is 11.5 Å². The lowest BCUT2D eigenvalue weighted by Crippen LogP contribution is -2.32. The minimum absolute atomic E-state index is 0.267. The van der Waals surface area contributed by atoms with Gasteiger partial charge in [-0.1, -0.05) is 0 Å². The predicted octanol–water partition coefficient (Wildman–Crippen LogP) is 2.74. The maximum Gasteiger partial charge on any atom is 0.251 e. The lowest BCUT2D eigenvalue weighted by atomic mass is 10.2.